The van der Waals surface area contributed by atoms with E-state index in [4.69, 9.17) is 10.00 Å². The number of ether oxygens (including phenoxy) is 1. The first-order valence-electron chi connectivity index (χ1n) is 6.75. The van der Waals surface area contributed by atoms with Crippen molar-refractivity contribution < 1.29 is 9.53 Å². The molecule has 2 aromatic rings. The van der Waals surface area contributed by atoms with Crippen LogP contribution < -0.4 is 4.74 Å². The largest absolute Gasteiger partial charge is 0.487 e. The molecule has 4 heteroatoms. The smallest absolute Gasteiger partial charge is 0.152 e. The first-order valence-corrected chi connectivity index (χ1v) is 6.75. The van der Waals surface area contributed by atoms with E-state index in [1.807, 2.05) is 26.0 Å². The number of aryl methyl sites for hydroxylation is 1. The molecule has 0 aliphatic rings. The quantitative estimate of drug-likeness (QED) is 0.789. The molecule has 0 aliphatic heterocycles. The third-order valence-corrected chi connectivity index (χ3v) is 3.27. The van der Waals surface area contributed by atoms with Gasteiger partial charge in [0, 0.05) is 17.3 Å². The summed E-state index contributed by atoms with van der Waals surface area (Å²) in [7, 11) is 0. The third kappa shape index (κ3) is 3.26. The Kier molecular flexibility index (Phi) is 4.68. The van der Waals surface area contributed by atoms with Crippen molar-refractivity contribution in [3.8, 4) is 11.8 Å². The Hall–Kier alpha value is -2.67. The zero-order valence-corrected chi connectivity index (χ0v) is 12.1. The molecular weight excluding hydrogens is 264 g/mol. The predicted molar refractivity (Wildman–Crippen MR) is 79.2 cm³/mol. The van der Waals surface area contributed by atoms with Crippen LogP contribution in [0.4, 0.5) is 0 Å². The van der Waals surface area contributed by atoms with Crippen LogP contribution in [0.1, 0.15) is 39.7 Å². The number of nitriles is 1. The number of hydrogen-bond donors (Lipinski definition) is 0. The zero-order chi connectivity index (χ0) is 15.2. The van der Waals surface area contributed by atoms with Gasteiger partial charge in [-0.15, -0.1) is 0 Å². The van der Waals surface area contributed by atoms with Crippen LogP contribution in [0.15, 0.2) is 30.5 Å². The first-order chi connectivity index (χ1) is 10.2. The Morgan fingerprint density at radius 3 is 2.90 bits per heavy atom. The van der Waals surface area contributed by atoms with Gasteiger partial charge in [0.1, 0.15) is 12.4 Å². The molecule has 0 atom stereocenters. The van der Waals surface area contributed by atoms with E-state index < -0.39 is 0 Å². The number of pyridine rings is 1. The summed E-state index contributed by atoms with van der Waals surface area (Å²) >= 11 is 0. The van der Waals surface area contributed by atoms with Gasteiger partial charge in [0.05, 0.1) is 17.3 Å². The molecule has 0 fully saturated rings. The lowest BCUT2D eigenvalue weighted by molar-refractivity contribution is 0.112. The van der Waals surface area contributed by atoms with E-state index in [1.54, 1.807) is 18.3 Å². The van der Waals surface area contributed by atoms with Crippen LogP contribution in [-0.4, -0.2) is 11.3 Å². The average molecular weight is 280 g/mol. The van der Waals surface area contributed by atoms with Crippen molar-refractivity contribution >= 4 is 6.29 Å². The van der Waals surface area contributed by atoms with Crippen molar-refractivity contribution in [3.63, 3.8) is 0 Å². The normalized spacial score (nSPS) is 9.95. The highest BCUT2D eigenvalue weighted by molar-refractivity contribution is 5.78. The molecule has 2 rings (SSSR count). The molecule has 0 radical (unpaired) electrons. The lowest BCUT2D eigenvalue weighted by atomic mass is 10.1. The van der Waals surface area contributed by atoms with Gasteiger partial charge >= 0.3 is 0 Å². The minimum Gasteiger partial charge on any atom is -0.487 e. The summed E-state index contributed by atoms with van der Waals surface area (Å²) in [6.07, 6.45) is 3.07. The molecule has 0 aliphatic carbocycles. The molecule has 1 aromatic heterocycles. The Bertz CT molecular complexity index is 702. The molecule has 0 saturated carbocycles. The van der Waals surface area contributed by atoms with E-state index in [-0.39, 0.29) is 0 Å². The van der Waals surface area contributed by atoms with Gasteiger partial charge in [-0.3, -0.25) is 9.78 Å². The molecule has 0 unspecified atom stereocenters. The summed E-state index contributed by atoms with van der Waals surface area (Å²) in [5.74, 6) is 0.657. The summed E-state index contributed by atoms with van der Waals surface area (Å²) in [5, 5.41) is 8.90. The topological polar surface area (TPSA) is 63.0 Å². The number of benzene rings is 1. The van der Waals surface area contributed by atoms with Crippen LogP contribution in [0.3, 0.4) is 0 Å². The fraction of sp³-hybridized carbons (Fsp3) is 0.235. The molecule has 1 heterocycles. The highest BCUT2D eigenvalue weighted by Gasteiger charge is 2.12. The van der Waals surface area contributed by atoms with E-state index in [9.17, 15) is 4.79 Å². The van der Waals surface area contributed by atoms with Gasteiger partial charge in [-0.2, -0.15) is 5.26 Å². The second-order valence-electron chi connectivity index (χ2n) is 4.68. The van der Waals surface area contributed by atoms with Crippen molar-refractivity contribution in [3.05, 3.63) is 58.4 Å². The fourth-order valence-corrected chi connectivity index (χ4v) is 2.20. The predicted octanol–water partition coefficient (Wildman–Crippen LogP) is 3.22. The lowest BCUT2D eigenvalue weighted by Gasteiger charge is -2.14. The number of nitrogens with zero attached hydrogens (tertiary/aromatic N) is 2. The second-order valence-corrected chi connectivity index (χ2v) is 4.68. The summed E-state index contributed by atoms with van der Waals surface area (Å²) in [6.45, 7) is 4.17. The van der Waals surface area contributed by atoms with Gasteiger partial charge in [-0.05, 0) is 31.0 Å². The van der Waals surface area contributed by atoms with Crippen LogP contribution in [-0.2, 0) is 13.0 Å². The molecule has 0 saturated heterocycles. The molecule has 4 nitrogen and oxygen atoms in total. The molecule has 106 valence electrons. The maximum absolute atomic E-state index is 11.1. The van der Waals surface area contributed by atoms with Crippen LogP contribution in [0, 0.1) is 18.3 Å². The molecule has 0 amide bonds. The highest BCUT2D eigenvalue weighted by Crippen LogP contribution is 2.26. The molecule has 0 N–H and O–H groups in total. The molecule has 1 aromatic carbocycles. The molecule has 0 spiro atoms. The van der Waals surface area contributed by atoms with Gasteiger partial charge in [0.25, 0.3) is 0 Å². The maximum Gasteiger partial charge on any atom is 0.152 e. The second kappa shape index (κ2) is 6.67. The van der Waals surface area contributed by atoms with E-state index >= 15 is 0 Å². The first kappa shape index (κ1) is 14.7. The summed E-state index contributed by atoms with van der Waals surface area (Å²) in [5.41, 5.74) is 3.70. The van der Waals surface area contributed by atoms with Crippen molar-refractivity contribution in [2.75, 3.05) is 0 Å². The van der Waals surface area contributed by atoms with Crippen LogP contribution in [0.2, 0.25) is 0 Å². The van der Waals surface area contributed by atoms with E-state index in [2.05, 4.69) is 11.1 Å². The average Bonchev–Trinajstić information content (AvgIpc) is 2.53. The number of carbonyl (C=O) groups excluding carboxylic acids is 1. The Morgan fingerprint density at radius 2 is 2.24 bits per heavy atom. The van der Waals surface area contributed by atoms with Crippen molar-refractivity contribution in [1.82, 2.24) is 4.98 Å². The van der Waals surface area contributed by atoms with Crippen molar-refractivity contribution in [1.29, 1.82) is 5.26 Å². The summed E-state index contributed by atoms with van der Waals surface area (Å²) in [6, 6.07) is 9.37. The lowest BCUT2D eigenvalue weighted by Crippen LogP contribution is -2.04. The highest BCUT2D eigenvalue weighted by atomic mass is 16.5. The minimum absolute atomic E-state index is 0.341. The van der Waals surface area contributed by atoms with Gasteiger partial charge < -0.3 is 4.74 Å². The van der Waals surface area contributed by atoms with Crippen molar-refractivity contribution in [2.45, 2.75) is 26.9 Å². The Labute approximate surface area is 124 Å². The number of hydrogen-bond acceptors (Lipinski definition) is 4. The number of aromatic nitrogens is 1. The summed E-state index contributed by atoms with van der Waals surface area (Å²) < 4.78 is 5.86. The van der Waals surface area contributed by atoms with Gasteiger partial charge in [0.15, 0.2) is 6.29 Å². The zero-order valence-electron chi connectivity index (χ0n) is 12.1. The van der Waals surface area contributed by atoms with Gasteiger partial charge in [-0.25, -0.2) is 0 Å². The van der Waals surface area contributed by atoms with Crippen LogP contribution in [0.25, 0.3) is 0 Å². The third-order valence-electron chi connectivity index (χ3n) is 3.27. The van der Waals surface area contributed by atoms with Crippen LogP contribution in [0.5, 0.6) is 5.75 Å². The number of rotatable bonds is 5. The SMILES string of the molecule is CCc1c(C=O)cnc(C)c1OCc1cccc(C#N)c1. The monoisotopic (exact) mass is 280 g/mol. The number of aldehydes is 1. The minimum atomic E-state index is 0.341. The molecule has 21 heavy (non-hydrogen) atoms. The Morgan fingerprint density at radius 1 is 1.43 bits per heavy atom. The fourth-order valence-electron chi connectivity index (χ4n) is 2.20. The van der Waals surface area contributed by atoms with Gasteiger partial charge in [0.2, 0.25) is 0 Å². The van der Waals surface area contributed by atoms with Gasteiger partial charge in [-0.1, -0.05) is 19.1 Å². The summed E-state index contributed by atoms with van der Waals surface area (Å²) in [4.78, 5) is 15.3. The molecular formula is C17H16N2O2. The van der Waals surface area contributed by atoms with E-state index in [0.717, 1.165) is 23.1 Å². The van der Waals surface area contributed by atoms with Crippen LogP contribution >= 0.6 is 0 Å². The maximum atomic E-state index is 11.1. The van der Waals surface area contributed by atoms with E-state index in [1.165, 1.54) is 0 Å². The Balaban J connectivity index is 2.27. The van der Waals surface area contributed by atoms with Crippen molar-refractivity contribution in [2.24, 2.45) is 0 Å². The number of carbonyl (C=O) groups is 1. The molecule has 0 bridgehead atoms. The van der Waals surface area contributed by atoms with E-state index in [0.29, 0.717) is 29.9 Å². The standard InChI is InChI=1S/C17H16N2O2/c1-3-16-15(10-20)9-19-12(2)17(16)21-11-14-6-4-5-13(7-14)8-18/h4-7,9-10H,3,11H2,1-2H3.